The highest BCUT2D eigenvalue weighted by Gasteiger charge is 2.36. The molecule has 0 radical (unpaired) electrons. The second-order valence-corrected chi connectivity index (χ2v) is 19.5. The highest BCUT2D eigenvalue weighted by molar-refractivity contribution is 6.13. The van der Waals surface area contributed by atoms with Crippen LogP contribution in [0.2, 0.25) is 0 Å². The molecule has 9 aromatic rings. The van der Waals surface area contributed by atoms with Crippen LogP contribution in [0.5, 0.6) is 0 Å². The van der Waals surface area contributed by atoms with Gasteiger partial charge < -0.3 is 9.47 Å². The minimum atomic E-state index is -0.135. The number of aryl methyl sites for hydroxylation is 1. The molecule has 0 fully saturated rings. The smallest absolute Gasteiger partial charge is 0.0540 e. The number of para-hydroxylation sites is 1. The van der Waals surface area contributed by atoms with Crippen molar-refractivity contribution in [2.24, 2.45) is 0 Å². The Hall–Kier alpha value is -6.12. The predicted octanol–water partition coefficient (Wildman–Crippen LogP) is 16.1. The first kappa shape index (κ1) is 37.2. The first-order chi connectivity index (χ1) is 28.1. The molecule has 2 heteroatoms. The molecule has 0 N–H and O–H groups in total. The number of hydrogen-bond donors (Lipinski definition) is 0. The Labute approximate surface area is 349 Å². The maximum atomic E-state index is 2.53. The Balaban J connectivity index is 1.25. The molecule has 0 saturated heterocycles. The molecule has 8 aromatic carbocycles. The second-order valence-electron chi connectivity index (χ2n) is 19.5. The molecule has 0 aliphatic heterocycles. The fourth-order valence-electron chi connectivity index (χ4n) is 10.5. The lowest BCUT2D eigenvalue weighted by Gasteiger charge is -2.32. The standard InChI is InChI=1S/C57H54N2/c1-35-36(2)58(40-25-24-37-18-14-15-19-38(37)30-40)52-34-49-48(33-46(35)52)54(56(6,7)8)47-31-41(27-29-45(47)53(49)55(3,4)5)59(39-20-12-11-13-21-39)42-26-28-44-43-22-16-17-23-50(43)57(9,10)51(44)32-42/h11-34H,1-10H3. The third kappa shape index (κ3) is 5.67. The highest BCUT2D eigenvalue weighted by Crippen LogP contribution is 2.52. The monoisotopic (exact) mass is 766 g/mol. The summed E-state index contributed by atoms with van der Waals surface area (Å²) in [6.07, 6.45) is 0. The summed E-state index contributed by atoms with van der Waals surface area (Å²) in [6, 6.07) is 54.8. The number of aromatic nitrogens is 1. The van der Waals surface area contributed by atoms with Crippen molar-refractivity contribution in [2.75, 3.05) is 4.90 Å². The van der Waals surface area contributed by atoms with E-state index in [9.17, 15) is 0 Å². The van der Waals surface area contributed by atoms with Crippen LogP contribution in [0.15, 0.2) is 146 Å². The average Bonchev–Trinajstić information content (AvgIpc) is 3.59. The fraction of sp³-hybridized carbons (Fsp3) is 0.228. The normalized spacial score (nSPS) is 13.7. The Morgan fingerprint density at radius 2 is 1.05 bits per heavy atom. The van der Waals surface area contributed by atoms with Crippen molar-refractivity contribution in [1.29, 1.82) is 0 Å². The topological polar surface area (TPSA) is 8.17 Å². The minimum absolute atomic E-state index is 0.0946. The van der Waals surface area contributed by atoms with Crippen molar-refractivity contribution < 1.29 is 0 Å². The van der Waals surface area contributed by atoms with E-state index in [2.05, 4.69) is 224 Å². The number of benzene rings is 8. The molecule has 292 valence electrons. The van der Waals surface area contributed by atoms with Gasteiger partial charge in [0.25, 0.3) is 0 Å². The van der Waals surface area contributed by atoms with Gasteiger partial charge in [0.1, 0.15) is 0 Å². The molecule has 1 aliphatic carbocycles. The zero-order chi connectivity index (χ0) is 41.2. The maximum absolute atomic E-state index is 2.53. The van der Waals surface area contributed by atoms with E-state index in [0.29, 0.717) is 0 Å². The van der Waals surface area contributed by atoms with Gasteiger partial charge in [-0.25, -0.2) is 0 Å². The molecule has 0 atom stereocenters. The van der Waals surface area contributed by atoms with Crippen LogP contribution in [-0.2, 0) is 16.2 Å². The lowest BCUT2D eigenvalue weighted by Crippen LogP contribution is -2.18. The largest absolute Gasteiger partial charge is 0.314 e. The van der Waals surface area contributed by atoms with Crippen LogP contribution in [0.4, 0.5) is 17.1 Å². The number of fused-ring (bicyclic) bond motifs is 7. The van der Waals surface area contributed by atoms with Crippen molar-refractivity contribution in [1.82, 2.24) is 4.57 Å². The van der Waals surface area contributed by atoms with Gasteiger partial charge in [-0.15, -0.1) is 0 Å². The summed E-state index contributed by atoms with van der Waals surface area (Å²) in [7, 11) is 0. The van der Waals surface area contributed by atoms with Gasteiger partial charge >= 0.3 is 0 Å². The van der Waals surface area contributed by atoms with E-state index in [0.717, 1.165) is 11.4 Å². The molecule has 2 nitrogen and oxygen atoms in total. The Morgan fingerprint density at radius 3 is 1.80 bits per heavy atom. The molecule has 1 aromatic heterocycles. The molecule has 0 bridgehead atoms. The van der Waals surface area contributed by atoms with Crippen molar-refractivity contribution in [3.8, 4) is 16.8 Å². The Kier molecular flexibility index (Phi) is 8.15. The highest BCUT2D eigenvalue weighted by atomic mass is 15.1. The maximum Gasteiger partial charge on any atom is 0.0540 e. The lowest BCUT2D eigenvalue weighted by molar-refractivity contribution is 0.593. The summed E-state index contributed by atoms with van der Waals surface area (Å²) in [4.78, 5) is 2.46. The molecule has 59 heavy (non-hydrogen) atoms. The van der Waals surface area contributed by atoms with E-state index >= 15 is 0 Å². The predicted molar refractivity (Wildman–Crippen MR) is 255 cm³/mol. The molecule has 0 spiro atoms. The van der Waals surface area contributed by atoms with E-state index in [1.807, 2.05) is 0 Å². The first-order valence-electron chi connectivity index (χ1n) is 21.3. The van der Waals surface area contributed by atoms with Crippen LogP contribution >= 0.6 is 0 Å². The summed E-state index contributed by atoms with van der Waals surface area (Å²) in [6.45, 7) is 23.7. The van der Waals surface area contributed by atoms with Crippen LogP contribution in [0, 0.1) is 13.8 Å². The SMILES string of the molecule is Cc1c(C)n(-c2ccc3ccccc3c2)c2cc3c(C(C)(C)C)c4ccc(N(c5ccccc5)c5ccc6c(c5)C(C)(C)c5ccccc5-6)cc4c(C(C)(C)C)c3cc12. The molecule has 1 aliphatic rings. The molecule has 10 rings (SSSR count). The lowest BCUT2D eigenvalue weighted by atomic mass is 9.73. The molecule has 0 amide bonds. The summed E-state index contributed by atoms with van der Waals surface area (Å²) in [5.74, 6) is 0. The van der Waals surface area contributed by atoms with Crippen LogP contribution in [-0.4, -0.2) is 4.57 Å². The summed E-state index contributed by atoms with van der Waals surface area (Å²) < 4.78 is 2.49. The quantitative estimate of drug-likeness (QED) is 0.162. The van der Waals surface area contributed by atoms with Gasteiger partial charge in [0.2, 0.25) is 0 Å². The number of anilines is 3. The molecular weight excluding hydrogens is 713 g/mol. The zero-order valence-electron chi connectivity index (χ0n) is 36.3. The number of nitrogens with zero attached hydrogens (tertiary/aromatic N) is 2. The van der Waals surface area contributed by atoms with Crippen LogP contribution in [0.3, 0.4) is 0 Å². The van der Waals surface area contributed by atoms with Crippen molar-refractivity contribution in [2.45, 2.75) is 85.5 Å². The van der Waals surface area contributed by atoms with Gasteiger partial charge in [0.15, 0.2) is 0 Å². The second kappa shape index (κ2) is 12.9. The molecular formula is C57H54N2. The number of rotatable bonds is 4. The minimum Gasteiger partial charge on any atom is -0.314 e. The van der Waals surface area contributed by atoms with E-state index in [4.69, 9.17) is 0 Å². The third-order valence-corrected chi connectivity index (χ3v) is 13.3. The van der Waals surface area contributed by atoms with Crippen LogP contribution in [0.25, 0.3) is 60.0 Å². The first-order valence-corrected chi connectivity index (χ1v) is 21.3. The summed E-state index contributed by atoms with van der Waals surface area (Å²) in [5.41, 5.74) is 16.5. The van der Waals surface area contributed by atoms with Gasteiger partial charge in [-0.2, -0.15) is 0 Å². The van der Waals surface area contributed by atoms with Crippen LogP contribution in [0.1, 0.15) is 88.9 Å². The van der Waals surface area contributed by atoms with Crippen molar-refractivity contribution >= 4 is 60.3 Å². The zero-order valence-corrected chi connectivity index (χ0v) is 36.3. The Bertz CT molecular complexity index is 3160. The van der Waals surface area contributed by atoms with Crippen molar-refractivity contribution in [3.05, 3.63) is 179 Å². The van der Waals surface area contributed by atoms with E-state index in [-0.39, 0.29) is 16.2 Å². The van der Waals surface area contributed by atoms with Crippen molar-refractivity contribution in [3.63, 3.8) is 0 Å². The fourth-order valence-corrected chi connectivity index (χ4v) is 10.5. The van der Waals surface area contributed by atoms with E-state index in [1.165, 1.54) is 99.2 Å². The summed E-state index contributed by atoms with van der Waals surface area (Å²) >= 11 is 0. The van der Waals surface area contributed by atoms with E-state index in [1.54, 1.807) is 0 Å². The molecule has 1 heterocycles. The molecule has 0 unspecified atom stereocenters. The molecule has 0 saturated carbocycles. The van der Waals surface area contributed by atoms with E-state index < -0.39 is 0 Å². The van der Waals surface area contributed by atoms with Gasteiger partial charge in [0.05, 0.1) is 5.52 Å². The van der Waals surface area contributed by atoms with Gasteiger partial charge in [-0.1, -0.05) is 140 Å². The Morgan fingerprint density at radius 1 is 0.458 bits per heavy atom. The summed E-state index contributed by atoms with van der Waals surface area (Å²) in [5, 5.41) is 9.18. The average molecular weight is 767 g/mol. The van der Waals surface area contributed by atoms with Gasteiger partial charge in [0, 0.05) is 39.2 Å². The van der Waals surface area contributed by atoms with Gasteiger partial charge in [-0.05, 0) is 157 Å². The third-order valence-electron chi connectivity index (χ3n) is 13.3. The van der Waals surface area contributed by atoms with Crippen LogP contribution < -0.4 is 4.90 Å². The van der Waals surface area contributed by atoms with Gasteiger partial charge in [-0.3, -0.25) is 0 Å². The number of hydrogen-bond acceptors (Lipinski definition) is 1.